The van der Waals surface area contributed by atoms with Gasteiger partial charge in [0, 0.05) is 11.5 Å². The molecule has 0 aliphatic heterocycles. The van der Waals surface area contributed by atoms with Crippen LogP contribution in [-0.2, 0) is 4.74 Å². The molecule has 0 saturated carbocycles. The Labute approximate surface area is 83.8 Å². The number of hydrogen-bond donors (Lipinski definition) is 2. The van der Waals surface area contributed by atoms with Crippen molar-refractivity contribution >= 4 is 11.8 Å². The van der Waals surface area contributed by atoms with E-state index in [2.05, 4.69) is 6.58 Å². The number of thioether (sulfide) groups is 1. The SMILES string of the molecule is C=CCSCC(O)COCC(C)O. The normalized spacial score (nSPS) is 15.3. The van der Waals surface area contributed by atoms with Crippen molar-refractivity contribution in [3.05, 3.63) is 12.7 Å². The topological polar surface area (TPSA) is 49.7 Å². The zero-order valence-corrected chi connectivity index (χ0v) is 8.80. The Hall–Kier alpha value is -0.0300. The molecule has 0 aliphatic carbocycles. The number of ether oxygens (including phenoxy) is 1. The number of aliphatic hydroxyl groups is 2. The summed E-state index contributed by atoms with van der Waals surface area (Å²) in [4.78, 5) is 0. The van der Waals surface area contributed by atoms with Crippen molar-refractivity contribution < 1.29 is 14.9 Å². The average Bonchev–Trinajstić information content (AvgIpc) is 2.04. The molecule has 0 aromatic rings. The van der Waals surface area contributed by atoms with E-state index in [9.17, 15) is 5.11 Å². The van der Waals surface area contributed by atoms with E-state index in [4.69, 9.17) is 9.84 Å². The fourth-order valence-electron chi connectivity index (χ4n) is 0.710. The molecule has 0 rings (SSSR count). The maximum atomic E-state index is 9.33. The molecule has 0 amide bonds. The van der Waals surface area contributed by atoms with Crippen LogP contribution < -0.4 is 0 Å². The zero-order valence-electron chi connectivity index (χ0n) is 7.98. The summed E-state index contributed by atoms with van der Waals surface area (Å²) in [6.07, 6.45) is 0.880. The molecule has 0 bridgehead atoms. The summed E-state index contributed by atoms with van der Waals surface area (Å²) in [7, 11) is 0. The fourth-order valence-corrected chi connectivity index (χ4v) is 1.38. The Balaban J connectivity index is 3.19. The fraction of sp³-hybridized carbons (Fsp3) is 0.778. The highest BCUT2D eigenvalue weighted by molar-refractivity contribution is 7.99. The average molecular weight is 206 g/mol. The number of rotatable bonds is 8. The van der Waals surface area contributed by atoms with E-state index >= 15 is 0 Å². The van der Waals surface area contributed by atoms with Gasteiger partial charge in [-0.1, -0.05) is 6.08 Å². The molecule has 0 heterocycles. The van der Waals surface area contributed by atoms with Gasteiger partial charge in [0.15, 0.2) is 0 Å². The van der Waals surface area contributed by atoms with Crippen LogP contribution in [0.2, 0.25) is 0 Å². The van der Waals surface area contributed by atoms with Gasteiger partial charge >= 0.3 is 0 Å². The molecule has 0 saturated heterocycles. The van der Waals surface area contributed by atoms with Crippen LogP contribution in [0, 0.1) is 0 Å². The molecule has 3 nitrogen and oxygen atoms in total. The van der Waals surface area contributed by atoms with E-state index in [-0.39, 0.29) is 13.2 Å². The van der Waals surface area contributed by atoms with E-state index in [0.717, 1.165) is 5.75 Å². The lowest BCUT2D eigenvalue weighted by molar-refractivity contribution is 0.00531. The second kappa shape index (κ2) is 8.56. The van der Waals surface area contributed by atoms with Crippen molar-refractivity contribution in [1.82, 2.24) is 0 Å². The van der Waals surface area contributed by atoms with Crippen molar-refractivity contribution in [2.45, 2.75) is 19.1 Å². The molecule has 78 valence electrons. The number of hydrogen-bond acceptors (Lipinski definition) is 4. The third kappa shape index (κ3) is 9.89. The van der Waals surface area contributed by atoms with E-state index < -0.39 is 12.2 Å². The summed E-state index contributed by atoms with van der Waals surface area (Å²) < 4.78 is 5.05. The molecule has 0 aliphatic rings. The first-order chi connectivity index (χ1) is 6.16. The smallest absolute Gasteiger partial charge is 0.0863 e. The second-order valence-electron chi connectivity index (χ2n) is 2.87. The van der Waals surface area contributed by atoms with Crippen molar-refractivity contribution in [3.8, 4) is 0 Å². The predicted molar refractivity (Wildman–Crippen MR) is 56.0 cm³/mol. The second-order valence-corrected chi connectivity index (χ2v) is 3.94. The third-order valence-electron chi connectivity index (χ3n) is 1.22. The van der Waals surface area contributed by atoms with Gasteiger partial charge in [0.1, 0.15) is 0 Å². The molecule has 13 heavy (non-hydrogen) atoms. The standard InChI is InChI=1S/C9H18O3S/c1-3-4-13-7-9(11)6-12-5-8(2)10/h3,8-11H,1,4-7H2,2H3. The molecule has 2 unspecified atom stereocenters. The summed E-state index contributed by atoms with van der Waals surface area (Å²) in [5.74, 6) is 1.49. The molecule has 0 aromatic heterocycles. The summed E-state index contributed by atoms with van der Waals surface area (Å²) in [6, 6.07) is 0. The highest BCUT2D eigenvalue weighted by Gasteiger charge is 2.04. The lowest BCUT2D eigenvalue weighted by Crippen LogP contribution is -2.21. The molecule has 0 spiro atoms. The van der Waals surface area contributed by atoms with Crippen LogP contribution in [0.1, 0.15) is 6.92 Å². The Morgan fingerprint density at radius 3 is 2.69 bits per heavy atom. The first-order valence-electron chi connectivity index (χ1n) is 4.29. The highest BCUT2D eigenvalue weighted by atomic mass is 32.2. The van der Waals surface area contributed by atoms with Gasteiger partial charge in [0.2, 0.25) is 0 Å². The van der Waals surface area contributed by atoms with Crippen LogP contribution in [0.5, 0.6) is 0 Å². The van der Waals surface area contributed by atoms with Gasteiger partial charge in [0.25, 0.3) is 0 Å². The van der Waals surface area contributed by atoms with Crippen molar-refractivity contribution in [3.63, 3.8) is 0 Å². The largest absolute Gasteiger partial charge is 0.391 e. The molecule has 2 atom stereocenters. The minimum absolute atomic E-state index is 0.281. The quantitative estimate of drug-likeness (QED) is 0.452. The van der Waals surface area contributed by atoms with E-state index in [1.807, 2.05) is 0 Å². The van der Waals surface area contributed by atoms with E-state index in [1.54, 1.807) is 24.8 Å². The molecular weight excluding hydrogens is 188 g/mol. The Bertz CT molecular complexity index is 128. The molecule has 2 N–H and O–H groups in total. The van der Waals surface area contributed by atoms with Gasteiger partial charge in [-0.15, -0.1) is 6.58 Å². The van der Waals surface area contributed by atoms with Crippen LogP contribution in [0.3, 0.4) is 0 Å². The molecule has 0 aromatic carbocycles. The van der Waals surface area contributed by atoms with Gasteiger partial charge in [-0.05, 0) is 6.92 Å². The zero-order chi connectivity index (χ0) is 10.1. The summed E-state index contributed by atoms with van der Waals surface area (Å²) in [6.45, 7) is 5.80. The molecule has 0 fully saturated rings. The van der Waals surface area contributed by atoms with E-state index in [0.29, 0.717) is 5.75 Å². The van der Waals surface area contributed by atoms with Crippen LogP contribution in [0.25, 0.3) is 0 Å². The first-order valence-corrected chi connectivity index (χ1v) is 5.44. The summed E-state index contributed by atoms with van der Waals surface area (Å²) in [5, 5.41) is 18.2. The van der Waals surface area contributed by atoms with Crippen molar-refractivity contribution in [2.75, 3.05) is 24.7 Å². The lowest BCUT2D eigenvalue weighted by Gasteiger charge is -2.11. The first kappa shape index (κ1) is 13.0. The monoisotopic (exact) mass is 206 g/mol. The summed E-state index contributed by atoms with van der Waals surface area (Å²) >= 11 is 1.61. The van der Waals surface area contributed by atoms with Gasteiger partial charge in [-0.25, -0.2) is 0 Å². The maximum Gasteiger partial charge on any atom is 0.0863 e. The van der Waals surface area contributed by atoms with Gasteiger partial charge in [0.05, 0.1) is 25.4 Å². The van der Waals surface area contributed by atoms with Gasteiger partial charge in [-0.3, -0.25) is 0 Å². The Morgan fingerprint density at radius 2 is 2.15 bits per heavy atom. The summed E-state index contributed by atoms with van der Waals surface area (Å²) in [5.41, 5.74) is 0. The Morgan fingerprint density at radius 1 is 1.46 bits per heavy atom. The van der Waals surface area contributed by atoms with Crippen LogP contribution in [-0.4, -0.2) is 47.1 Å². The number of aliphatic hydroxyl groups excluding tert-OH is 2. The van der Waals surface area contributed by atoms with Crippen molar-refractivity contribution in [1.29, 1.82) is 0 Å². The predicted octanol–water partition coefficient (Wildman–Crippen LogP) is 0.664. The highest BCUT2D eigenvalue weighted by Crippen LogP contribution is 2.03. The molecule has 4 heteroatoms. The maximum absolute atomic E-state index is 9.33. The van der Waals surface area contributed by atoms with Gasteiger partial charge < -0.3 is 14.9 Å². The van der Waals surface area contributed by atoms with E-state index in [1.165, 1.54) is 0 Å². The van der Waals surface area contributed by atoms with Crippen LogP contribution in [0.15, 0.2) is 12.7 Å². The lowest BCUT2D eigenvalue weighted by atomic mass is 10.4. The molecular formula is C9H18O3S. The minimum Gasteiger partial charge on any atom is -0.391 e. The minimum atomic E-state index is -0.465. The van der Waals surface area contributed by atoms with Crippen molar-refractivity contribution in [2.24, 2.45) is 0 Å². The van der Waals surface area contributed by atoms with Crippen LogP contribution in [0.4, 0.5) is 0 Å². The molecule has 0 radical (unpaired) electrons. The Kier molecular flexibility index (Phi) is 8.54. The van der Waals surface area contributed by atoms with Gasteiger partial charge in [-0.2, -0.15) is 11.8 Å². The third-order valence-corrected chi connectivity index (χ3v) is 2.31. The van der Waals surface area contributed by atoms with Crippen LogP contribution >= 0.6 is 11.8 Å².